The molecular weight excluding hydrogens is 552 g/mol. The molecule has 7 N–H and O–H groups in total. The van der Waals surface area contributed by atoms with Crippen LogP contribution in [0.2, 0.25) is 0 Å². The van der Waals surface area contributed by atoms with Gasteiger partial charge in [0, 0.05) is 17.7 Å². The van der Waals surface area contributed by atoms with E-state index in [1.807, 2.05) is 0 Å². The molecule has 1 fully saturated rings. The first-order valence-corrected chi connectivity index (χ1v) is 12.7. The van der Waals surface area contributed by atoms with Gasteiger partial charge in [0.15, 0.2) is 29.1 Å². The maximum Gasteiger partial charge on any atom is 0.331 e. The van der Waals surface area contributed by atoms with Crippen LogP contribution in [0.25, 0.3) is 18.2 Å². The minimum Gasteiger partial charge on any atom is -0.508 e. The summed E-state index contributed by atoms with van der Waals surface area (Å²) in [6.07, 6.45) is -2.49. The van der Waals surface area contributed by atoms with Crippen molar-refractivity contribution >= 4 is 24.2 Å². The van der Waals surface area contributed by atoms with E-state index < -0.39 is 49.0 Å². The first-order chi connectivity index (χ1) is 20.1. The van der Waals surface area contributed by atoms with Crippen LogP contribution in [0.3, 0.4) is 0 Å². The number of aliphatic hydroxyl groups is 3. The molecule has 0 aromatic heterocycles. The second-order valence-corrected chi connectivity index (χ2v) is 9.30. The van der Waals surface area contributed by atoms with Crippen molar-refractivity contribution in [3.8, 4) is 34.5 Å². The van der Waals surface area contributed by atoms with Crippen LogP contribution in [0, 0.1) is 0 Å². The number of phenolic OH excluding ortho intramolecular Hbond substituents is 4. The number of esters is 1. The van der Waals surface area contributed by atoms with Crippen molar-refractivity contribution in [2.24, 2.45) is 0 Å². The second-order valence-electron chi connectivity index (χ2n) is 9.30. The Hall–Kier alpha value is -4.75. The summed E-state index contributed by atoms with van der Waals surface area (Å²) in [6, 6.07) is 12.8. The molecule has 0 saturated carbocycles. The van der Waals surface area contributed by atoms with Crippen molar-refractivity contribution in [3.63, 3.8) is 0 Å². The highest BCUT2D eigenvalue weighted by Gasteiger charge is 2.48. The molecule has 5 atom stereocenters. The van der Waals surface area contributed by atoms with Crippen LogP contribution in [-0.4, -0.2) is 86.1 Å². The highest BCUT2D eigenvalue weighted by Crippen LogP contribution is 2.38. The largest absolute Gasteiger partial charge is 0.508 e. The van der Waals surface area contributed by atoms with Gasteiger partial charge < -0.3 is 54.7 Å². The van der Waals surface area contributed by atoms with Gasteiger partial charge in [-0.3, -0.25) is 0 Å². The average molecular weight is 583 g/mol. The van der Waals surface area contributed by atoms with E-state index in [2.05, 4.69) is 0 Å². The quantitative estimate of drug-likeness (QED) is 0.110. The second kappa shape index (κ2) is 13.3. The minimum absolute atomic E-state index is 0.0676. The molecule has 12 nitrogen and oxygen atoms in total. The molecule has 0 aliphatic carbocycles. The smallest absolute Gasteiger partial charge is 0.331 e. The van der Waals surface area contributed by atoms with E-state index in [9.17, 15) is 40.5 Å². The molecule has 1 aliphatic rings. The number of carbonyl (C=O) groups is 1. The standard InChI is InChI=1S/C30H30O12/c1-39-23-12-17(5-10-21(23)34)6-11-25(36)41-29-27(38)26(37)24(15-31)40-30(29)42-28-18(13-20(33)14-22(28)35)7-2-16-3-8-19(32)9-4-16/h2-14,24,26-27,29-35,37-38H,15H2,1H3/b7-2+,11-6+/t24-,26-,27+,29-,30+/m1/s1. The van der Waals surface area contributed by atoms with Gasteiger partial charge in [0.2, 0.25) is 6.29 Å². The summed E-state index contributed by atoms with van der Waals surface area (Å²) in [7, 11) is 1.37. The highest BCUT2D eigenvalue weighted by atomic mass is 16.7. The van der Waals surface area contributed by atoms with Gasteiger partial charge in [-0.2, -0.15) is 0 Å². The van der Waals surface area contributed by atoms with Gasteiger partial charge in [-0.25, -0.2) is 4.79 Å². The molecule has 0 amide bonds. The zero-order valence-corrected chi connectivity index (χ0v) is 22.3. The van der Waals surface area contributed by atoms with E-state index >= 15 is 0 Å². The molecule has 4 rings (SSSR count). The Kier molecular flexibility index (Phi) is 9.55. The Morgan fingerprint density at radius 1 is 0.857 bits per heavy atom. The summed E-state index contributed by atoms with van der Waals surface area (Å²) in [5, 5.41) is 70.8. The number of hydrogen-bond donors (Lipinski definition) is 7. The summed E-state index contributed by atoms with van der Waals surface area (Å²) < 4.78 is 21.9. The molecule has 1 aliphatic heterocycles. The van der Waals surface area contributed by atoms with Crippen LogP contribution in [0.4, 0.5) is 0 Å². The fraction of sp³-hybridized carbons (Fsp3) is 0.233. The topological polar surface area (TPSA) is 196 Å². The molecule has 0 radical (unpaired) electrons. The number of carbonyl (C=O) groups excluding carboxylic acids is 1. The van der Waals surface area contributed by atoms with Crippen molar-refractivity contribution in [2.75, 3.05) is 13.7 Å². The van der Waals surface area contributed by atoms with Crippen molar-refractivity contribution in [1.29, 1.82) is 0 Å². The summed E-state index contributed by atoms with van der Waals surface area (Å²) in [4.78, 5) is 12.7. The molecule has 3 aromatic carbocycles. The van der Waals surface area contributed by atoms with Crippen molar-refractivity contribution < 1.29 is 59.5 Å². The monoisotopic (exact) mass is 582 g/mol. The fourth-order valence-corrected chi connectivity index (χ4v) is 4.17. The maximum atomic E-state index is 12.7. The normalized spacial score (nSPS) is 22.3. The zero-order valence-electron chi connectivity index (χ0n) is 22.3. The van der Waals surface area contributed by atoms with Gasteiger partial charge in [0.05, 0.1) is 13.7 Å². The van der Waals surface area contributed by atoms with Crippen LogP contribution >= 0.6 is 0 Å². The van der Waals surface area contributed by atoms with E-state index in [1.54, 1.807) is 18.2 Å². The van der Waals surface area contributed by atoms with Crippen molar-refractivity contribution in [2.45, 2.75) is 30.7 Å². The Labute approximate surface area is 240 Å². The summed E-state index contributed by atoms with van der Waals surface area (Å²) >= 11 is 0. The number of rotatable bonds is 9. The van der Waals surface area contributed by atoms with Crippen LogP contribution in [-0.2, 0) is 14.3 Å². The fourth-order valence-electron chi connectivity index (χ4n) is 4.17. The first-order valence-electron chi connectivity index (χ1n) is 12.7. The number of benzene rings is 3. The third-order valence-electron chi connectivity index (χ3n) is 6.36. The molecule has 222 valence electrons. The van der Waals surface area contributed by atoms with Gasteiger partial charge in [-0.1, -0.05) is 30.4 Å². The Balaban J connectivity index is 1.60. The van der Waals surface area contributed by atoms with E-state index in [4.69, 9.17) is 18.9 Å². The molecule has 12 heteroatoms. The lowest BCUT2D eigenvalue weighted by molar-refractivity contribution is -0.281. The lowest BCUT2D eigenvalue weighted by Gasteiger charge is -2.41. The molecule has 1 heterocycles. The van der Waals surface area contributed by atoms with Crippen LogP contribution in [0.15, 0.2) is 60.7 Å². The Bertz CT molecular complexity index is 1450. The SMILES string of the molecule is COc1cc(/C=C/C(=O)O[C@H]2[C@H](Oc3c(O)cc(O)cc3/C=C/c3ccc(O)cc3)O[C@H](CO)[C@@H](O)[C@@H]2O)ccc1O. The first kappa shape index (κ1) is 30.2. The van der Waals surface area contributed by atoms with Gasteiger partial charge in [-0.05, 0) is 47.5 Å². The molecule has 3 aromatic rings. The van der Waals surface area contributed by atoms with E-state index in [1.165, 1.54) is 55.7 Å². The van der Waals surface area contributed by atoms with Crippen molar-refractivity contribution in [1.82, 2.24) is 0 Å². The Morgan fingerprint density at radius 2 is 1.57 bits per heavy atom. The lowest BCUT2D eigenvalue weighted by Crippen LogP contribution is -2.61. The Morgan fingerprint density at radius 3 is 2.26 bits per heavy atom. The predicted molar refractivity (Wildman–Crippen MR) is 149 cm³/mol. The number of aliphatic hydroxyl groups excluding tert-OH is 3. The van der Waals surface area contributed by atoms with Gasteiger partial charge >= 0.3 is 5.97 Å². The number of methoxy groups -OCH3 is 1. The number of aromatic hydroxyl groups is 4. The summed E-state index contributed by atoms with van der Waals surface area (Å²) in [6.45, 7) is -0.712. The molecule has 42 heavy (non-hydrogen) atoms. The van der Waals surface area contributed by atoms with Crippen molar-refractivity contribution in [3.05, 3.63) is 77.4 Å². The zero-order chi connectivity index (χ0) is 30.4. The predicted octanol–water partition coefficient (Wildman–Crippen LogP) is 2.13. The summed E-state index contributed by atoms with van der Waals surface area (Å²) in [5.41, 5.74) is 1.31. The van der Waals surface area contributed by atoms with Gasteiger partial charge in [0.1, 0.15) is 29.8 Å². The van der Waals surface area contributed by atoms with Crippen LogP contribution in [0.5, 0.6) is 34.5 Å². The molecule has 0 spiro atoms. The summed E-state index contributed by atoms with van der Waals surface area (Å²) in [5.74, 6) is -1.84. The third-order valence-corrected chi connectivity index (χ3v) is 6.36. The number of phenols is 4. The van der Waals surface area contributed by atoms with E-state index in [-0.39, 0.29) is 34.3 Å². The van der Waals surface area contributed by atoms with Gasteiger partial charge in [-0.15, -0.1) is 0 Å². The lowest BCUT2D eigenvalue weighted by atomic mass is 9.99. The maximum absolute atomic E-state index is 12.7. The third kappa shape index (κ3) is 7.11. The molecular formula is C30H30O12. The number of ether oxygens (including phenoxy) is 4. The molecule has 1 saturated heterocycles. The van der Waals surface area contributed by atoms with E-state index in [0.29, 0.717) is 11.1 Å². The molecule has 0 unspecified atom stereocenters. The number of hydrogen-bond acceptors (Lipinski definition) is 12. The van der Waals surface area contributed by atoms with Crippen LogP contribution in [0.1, 0.15) is 16.7 Å². The average Bonchev–Trinajstić information content (AvgIpc) is 2.97. The minimum atomic E-state index is -1.76. The highest BCUT2D eigenvalue weighted by molar-refractivity contribution is 5.87. The van der Waals surface area contributed by atoms with E-state index in [0.717, 1.165) is 12.1 Å². The van der Waals surface area contributed by atoms with Crippen LogP contribution < -0.4 is 9.47 Å². The molecule has 0 bridgehead atoms. The van der Waals surface area contributed by atoms with Gasteiger partial charge in [0.25, 0.3) is 0 Å².